The number of nitrogens with zero attached hydrogens (tertiary/aromatic N) is 2. The van der Waals surface area contributed by atoms with Crippen molar-refractivity contribution < 1.29 is 4.74 Å². The first-order chi connectivity index (χ1) is 9.35. The van der Waals surface area contributed by atoms with Crippen molar-refractivity contribution in [3.8, 4) is 5.75 Å². The molecule has 0 atom stereocenters. The molecule has 104 valence electrons. The highest BCUT2D eigenvalue weighted by Crippen LogP contribution is 2.22. The van der Waals surface area contributed by atoms with Gasteiger partial charge < -0.3 is 9.64 Å². The highest BCUT2D eigenvalue weighted by Gasteiger charge is 2.17. The second-order valence-electron chi connectivity index (χ2n) is 4.58. The van der Waals surface area contributed by atoms with Crippen LogP contribution in [-0.2, 0) is 6.54 Å². The molecule has 0 amide bonds. The number of hydrogen-bond donors (Lipinski definition) is 2. The van der Waals surface area contributed by atoms with E-state index in [4.69, 9.17) is 10.6 Å². The Labute approximate surface area is 114 Å². The molecule has 1 aromatic carbocycles. The van der Waals surface area contributed by atoms with Crippen LogP contribution in [0.15, 0.2) is 29.3 Å². The number of nitrogens with one attached hydrogen (secondary N) is 1. The number of ether oxygens (including phenoxy) is 1. The van der Waals surface area contributed by atoms with Gasteiger partial charge in [0.2, 0.25) is 5.96 Å². The molecule has 0 aliphatic carbocycles. The van der Waals surface area contributed by atoms with Gasteiger partial charge in [0.05, 0.1) is 6.54 Å². The molecular weight excluding hydrogens is 240 g/mol. The van der Waals surface area contributed by atoms with Crippen molar-refractivity contribution >= 4 is 5.96 Å². The lowest BCUT2D eigenvalue weighted by molar-refractivity contribution is 0.286. The van der Waals surface area contributed by atoms with Crippen LogP contribution in [0.25, 0.3) is 0 Å². The highest BCUT2D eigenvalue weighted by atomic mass is 16.5. The largest absolute Gasteiger partial charge is 0.491 e. The van der Waals surface area contributed by atoms with Crippen LogP contribution < -0.4 is 16.0 Å². The van der Waals surface area contributed by atoms with E-state index in [0.717, 1.165) is 44.2 Å². The first kappa shape index (κ1) is 13.7. The summed E-state index contributed by atoms with van der Waals surface area (Å²) in [4.78, 5) is 6.65. The van der Waals surface area contributed by atoms with Gasteiger partial charge in [0.1, 0.15) is 12.4 Å². The average Bonchev–Trinajstić information content (AvgIpc) is 2.66. The molecule has 0 aromatic heterocycles. The Morgan fingerprint density at radius 2 is 2.32 bits per heavy atom. The van der Waals surface area contributed by atoms with Crippen LogP contribution >= 0.6 is 0 Å². The van der Waals surface area contributed by atoms with Crippen LogP contribution in [0.4, 0.5) is 0 Å². The minimum atomic E-state index is 0.644. The molecule has 1 aliphatic heterocycles. The molecule has 1 aliphatic rings. The minimum Gasteiger partial charge on any atom is -0.491 e. The minimum absolute atomic E-state index is 0.644. The zero-order chi connectivity index (χ0) is 13.5. The maximum atomic E-state index is 5.73. The molecule has 0 bridgehead atoms. The van der Waals surface area contributed by atoms with Gasteiger partial charge in [-0.15, -0.1) is 0 Å². The van der Waals surface area contributed by atoms with Gasteiger partial charge in [0.15, 0.2) is 0 Å². The molecule has 0 fully saturated rings. The third-order valence-electron chi connectivity index (χ3n) is 3.15. The van der Waals surface area contributed by atoms with Crippen LogP contribution in [0.5, 0.6) is 5.75 Å². The van der Waals surface area contributed by atoms with Gasteiger partial charge in [-0.05, 0) is 12.5 Å². The van der Waals surface area contributed by atoms with Crippen molar-refractivity contribution in [1.82, 2.24) is 10.3 Å². The van der Waals surface area contributed by atoms with Gasteiger partial charge in [-0.1, -0.05) is 31.5 Å². The second-order valence-corrected chi connectivity index (χ2v) is 4.58. The molecule has 19 heavy (non-hydrogen) atoms. The molecule has 0 radical (unpaired) electrons. The van der Waals surface area contributed by atoms with E-state index >= 15 is 0 Å². The number of guanidine groups is 1. The van der Waals surface area contributed by atoms with Crippen LogP contribution in [0.3, 0.4) is 0 Å². The smallest absolute Gasteiger partial charge is 0.208 e. The van der Waals surface area contributed by atoms with Crippen molar-refractivity contribution in [2.75, 3.05) is 19.7 Å². The van der Waals surface area contributed by atoms with Crippen molar-refractivity contribution in [3.05, 3.63) is 29.8 Å². The fourth-order valence-electron chi connectivity index (χ4n) is 2.09. The highest BCUT2D eigenvalue weighted by molar-refractivity contribution is 5.79. The summed E-state index contributed by atoms with van der Waals surface area (Å²) in [5, 5.41) is 0. The molecule has 0 spiro atoms. The van der Waals surface area contributed by atoms with Crippen molar-refractivity contribution in [2.24, 2.45) is 10.8 Å². The van der Waals surface area contributed by atoms with E-state index in [-0.39, 0.29) is 0 Å². The molecule has 5 heteroatoms. The van der Waals surface area contributed by atoms with Gasteiger partial charge in [-0.3, -0.25) is 10.4 Å². The van der Waals surface area contributed by atoms with E-state index in [1.165, 1.54) is 5.56 Å². The number of unbranched alkanes of at least 4 members (excludes halogenated alkanes) is 1. The Morgan fingerprint density at radius 1 is 1.47 bits per heavy atom. The Hall–Kier alpha value is -1.75. The summed E-state index contributed by atoms with van der Waals surface area (Å²) in [7, 11) is 0. The third kappa shape index (κ3) is 3.61. The molecule has 5 nitrogen and oxygen atoms in total. The van der Waals surface area contributed by atoms with Gasteiger partial charge in [-0.25, -0.2) is 5.84 Å². The quantitative estimate of drug-likeness (QED) is 0.285. The zero-order valence-corrected chi connectivity index (χ0v) is 11.4. The molecule has 0 saturated carbocycles. The van der Waals surface area contributed by atoms with Gasteiger partial charge >= 0.3 is 0 Å². The van der Waals surface area contributed by atoms with Crippen LogP contribution in [-0.4, -0.2) is 30.6 Å². The van der Waals surface area contributed by atoms with Crippen LogP contribution in [0.1, 0.15) is 25.3 Å². The fraction of sp³-hybridized carbons (Fsp3) is 0.500. The maximum absolute atomic E-state index is 5.73. The Morgan fingerprint density at radius 3 is 3.11 bits per heavy atom. The van der Waals surface area contributed by atoms with Crippen LogP contribution in [0.2, 0.25) is 0 Å². The number of benzene rings is 1. The molecular formula is C14H22N4O. The normalized spacial score (nSPS) is 15.5. The summed E-state index contributed by atoms with van der Waals surface area (Å²) in [5.41, 5.74) is 3.87. The zero-order valence-electron chi connectivity index (χ0n) is 11.4. The number of hydrazine groups is 1. The second kappa shape index (κ2) is 6.99. The summed E-state index contributed by atoms with van der Waals surface area (Å²) in [6, 6.07) is 8.10. The standard InChI is InChI=1S/C14H22N4O/c1-2-3-8-16-14(17-15)18-9-10-19-13-7-5-4-6-12(13)11-18/h4-7H,2-3,8-11,15H2,1H3,(H,16,17). The lowest BCUT2D eigenvalue weighted by Crippen LogP contribution is -2.45. The monoisotopic (exact) mass is 262 g/mol. The molecule has 3 N–H and O–H groups in total. The molecule has 1 heterocycles. The predicted molar refractivity (Wildman–Crippen MR) is 76.9 cm³/mol. The number of hydrogen-bond acceptors (Lipinski definition) is 3. The van der Waals surface area contributed by atoms with Gasteiger partial charge in [-0.2, -0.15) is 0 Å². The SMILES string of the molecule is CCCCN=C(NN)N1CCOc2ccccc2C1. The summed E-state index contributed by atoms with van der Waals surface area (Å²) in [6.07, 6.45) is 2.21. The predicted octanol–water partition coefficient (Wildman–Crippen LogP) is 1.50. The summed E-state index contributed by atoms with van der Waals surface area (Å²) in [5.74, 6) is 7.29. The number of rotatable bonds is 3. The van der Waals surface area contributed by atoms with E-state index in [1.54, 1.807) is 0 Å². The summed E-state index contributed by atoms with van der Waals surface area (Å²) < 4.78 is 5.73. The van der Waals surface area contributed by atoms with E-state index in [9.17, 15) is 0 Å². The number of fused-ring (bicyclic) bond motifs is 1. The van der Waals surface area contributed by atoms with Gasteiger partial charge in [0.25, 0.3) is 0 Å². The maximum Gasteiger partial charge on any atom is 0.208 e. The lowest BCUT2D eigenvalue weighted by Gasteiger charge is -2.23. The van der Waals surface area contributed by atoms with E-state index in [2.05, 4.69) is 28.3 Å². The van der Waals surface area contributed by atoms with Crippen LogP contribution in [0, 0.1) is 0 Å². The Bertz CT molecular complexity index is 433. The lowest BCUT2D eigenvalue weighted by atomic mass is 10.2. The molecule has 1 aromatic rings. The fourth-order valence-corrected chi connectivity index (χ4v) is 2.09. The number of nitrogens with two attached hydrogens (primary N) is 1. The van der Waals surface area contributed by atoms with E-state index < -0.39 is 0 Å². The van der Waals surface area contributed by atoms with E-state index in [0.29, 0.717) is 6.61 Å². The van der Waals surface area contributed by atoms with Crippen molar-refractivity contribution in [2.45, 2.75) is 26.3 Å². The third-order valence-corrected chi connectivity index (χ3v) is 3.15. The van der Waals surface area contributed by atoms with Gasteiger partial charge in [0, 0.05) is 18.7 Å². The topological polar surface area (TPSA) is 62.9 Å². The number of aliphatic imine (C=N–C) groups is 1. The average molecular weight is 262 g/mol. The van der Waals surface area contributed by atoms with E-state index in [1.807, 2.05) is 18.2 Å². The first-order valence-corrected chi connectivity index (χ1v) is 6.82. The molecule has 2 rings (SSSR count). The van der Waals surface area contributed by atoms with Crippen molar-refractivity contribution in [1.29, 1.82) is 0 Å². The molecule has 0 saturated heterocycles. The first-order valence-electron chi connectivity index (χ1n) is 6.82. The number of para-hydroxylation sites is 1. The Kier molecular flexibility index (Phi) is 5.03. The van der Waals surface area contributed by atoms with Crippen molar-refractivity contribution in [3.63, 3.8) is 0 Å². The summed E-state index contributed by atoms with van der Waals surface area (Å²) >= 11 is 0. The molecule has 0 unspecified atom stereocenters. The Balaban J connectivity index is 2.10. The summed E-state index contributed by atoms with van der Waals surface area (Å²) in [6.45, 7) is 5.15.